The molecule has 1 atom stereocenters. The lowest BCUT2D eigenvalue weighted by molar-refractivity contribution is -0.120. The molecule has 0 aromatic heterocycles. The van der Waals surface area contributed by atoms with E-state index < -0.39 is 15.1 Å². The smallest absolute Gasteiger partial charge is 0.220 e. The highest BCUT2D eigenvalue weighted by Gasteiger charge is 2.20. The Morgan fingerprint density at radius 2 is 2.07 bits per heavy atom. The molecule has 0 aliphatic heterocycles. The van der Waals surface area contributed by atoms with Crippen molar-refractivity contribution in [2.45, 2.75) is 25.0 Å². The van der Waals surface area contributed by atoms with Crippen LogP contribution in [0, 0.1) is 0 Å². The molecule has 0 saturated carbocycles. The Balaban J connectivity index is 4.14. The van der Waals surface area contributed by atoms with Crippen LogP contribution in [0.15, 0.2) is 0 Å². The first kappa shape index (κ1) is 13.4. The van der Waals surface area contributed by atoms with Crippen LogP contribution in [0.4, 0.5) is 0 Å². The van der Waals surface area contributed by atoms with Gasteiger partial charge in [-0.1, -0.05) is 0 Å². The van der Waals surface area contributed by atoms with Crippen LogP contribution in [0.2, 0.25) is 0 Å². The average Bonchev–Trinajstić information content (AvgIpc) is 2.14. The van der Waals surface area contributed by atoms with Crippen molar-refractivity contribution in [3.05, 3.63) is 0 Å². The van der Waals surface area contributed by atoms with Crippen molar-refractivity contribution in [1.29, 1.82) is 0 Å². The van der Waals surface area contributed by atoms with E-state index in [0.29, 0.717) is 13.0 Å². The molecule has 0 saturated heterocycles. The lowest BCUT2D eigenvalue weighted by Crippen LogP contribution is -2.27. The van der Waals surface area contributed by atoms with Gasteiger partial charge in [0.2, 0.25) is 5.91 Å². The zero-order valence-electron chi connectivity index (χ0n) is 8.62. The van der Waals surface area contributed by atoms with E-state index in [4.69, 9.17) is 5.73 Å². The summed E-state index contributed by atoms with van der Waals surface area (Å²) >= 11 is 0. The van der Waals surface area contributed by atoms with Gasteiger partial charge in [-0.15, -0.1) is 0 Å². The molecule has 3 N–H and O–H groups in total. The molecular weight excluding hydrogens is 204 g/mol. The van der Waals surface area contributed by atoms with E-state index in [1.165, 1.54) is 7.05 Å². The maximum Gasteiger partial charge on any atom is 0.220 e. The number of sulfone groups is 1. The van der Waals surface area contributed by atoms with E-state index in [2.05, 4.69) is 5.32 Å². The molecular formula is C8H18N2O3S. The van der Waals surface area contributed by atoms with Gasteiger partial charge in [-0.25, -0.2) is 8.42 Å². The van der Waals surface area contributed by atoms with Gasteiger partial charge in [-0.3, -0.25) is 4.79 Å². The molecule has 84 valence electrons. The quantitative estimate of drug-likeness (QED) is 0.620. The highest BCUT2D eigenvalue weighted by molar-refractivity contribution is 7.92. The predicted octanol–water partition coefficient (Wildman–Crippen LogP) is -0.725. The number of carbonyl (C=O) groups is 1. The SMILES string of the molecule is CNC(=O)CCS(=O)(=O)C(C)CCN. The summed E-state index contributed by atoms with van der Waals surface area (Å²) in [5, 5.41) is 1.92. The van der Waals surface area contributed by atoms with E-state index in [9.17, 15) is 13.2 Å². The number of hydrogen-bond acceptors (Lipinski definition) is 4. The van der Waals surface area contributed by atoms with E-state index in [-0.39, 0.29) is 18.1 Å². The zero-order valence-corrected chi connectivity index (χ0v) is 9.43. The second-order valence-electron chi connectivity index (χ2n) is 3.18. The fourth-order valence-electron chi connectivity index (χ4n) is 0.975. The van der Waals surface area contributed by atoms with Crippen LogP contribution in [-0.4, -0.2) is 38.9 Å². The van der Waals surface area contributed by atoms with Crippen LogP contribution in [0.3, 0.4) is 0 Å². The second kappa shape index (κ2) is 5.98. The van der Waals surface area contributed by atoms with Crippen molar-refractivity contribution in [1.82, 2.24) is 5.32 Å². The second-order valence-corrected chi connectivity index (χ2v) is 5.72. The van der Waals surface area contributed by atoms with E-state index >= 15 is 0 Å². The highest BCUT2D eigenvalue weighted by Crippen LogP contribution is 2.06. The Labute approximate surface area is 85.0 Å². The van der Waals surface area contributed by atoms with Crippen molar-refractivity contribution in [3.8, 4) is 0 Å². The van der Waals surface area contributed by atoms with Crippen LogP contribution in [0.1, 0.15) is 19.8 Å². The van der Waals surface area contributed by atoms with Gasteiger partial charge < -0.3 is 11.1 Å². The third-order valence-corrected chi connectivity index (χ3v) is 4.31. The maximum atomic E-state index is 11.5. The summed E-state index contributed by atoms with van der Waals surface area (Å²) < 4.78 is 23.0. The first-order valence-electron chi connectivity index (χ1n) is 4.56. The maximum absolute atomic E-state index is 11.5. The lowest BCUT2D eigenvalue weighted by atomic mass is 10.3. The van der Waals surface area contributed by atoms with Crippen LogP contribution in [0.25, 0.3) is 0 Å². The first-order valence-corrected chi connectivity index (χ1v) is 6.27. The zero-order chi connectivity index (χ0) is 11.2. The molecule has 1 amide bonds. The summed E-state index contributed by atoms with van der Waals surface area (Å²) in [6.07, 6.45) is 0.462. The van der Waals surface area contributed by atoms with E-state index in [0.717, 1.165) is 0 Å². The van der Waals surface area contributed by atoms with Gasteiger partial charge in [-0.05, 0) is 19.9 Å². The van der Waals surface area contributed by atoms with Crippen LogP contribution in [-0.2, 0) is 14.6 Å². The Morgan fingerprint density at radius 3 is 2.50 bits per heavy atom. The lowest BCUT2D eigenvalue weighted by Gasteiger charge is -2.10. The fourth-order valence-corrected chi connectivity index (χ4v) is 2.34. The van der Waals surface area contributed by atoms with Gasteiger partial charge >= 0.3 is 0 Å². The number of carbonyl (C=O) groups excluding carboxylic acids is 1. The molecule has 0 aliphatic rings. The number of nitrogens with one attached hydrogen (secondary N) is 1. The van der Waals surface area contributed by atoms with E-state index in [1.54, 1.807) is 6.92 Å². The average molecular weight is 222 g/mol. The first-order chi connectivity index (χ1) is 6.44. The van der Waals surface area contributed by atoms with Crippen LogP contribution < -0.4 is 11.1 Å². The molecule has 0 fully saturated rings. The summed E-state index contributed by atoms with van der Waals surface area (Å²) in [4.78, 5) is 10.8. The summed E-state index contributed by atoms with van der Waals surface area (Å²) in [6, 6.07) is 0. The minimum atomic E-state index is -3.17. The molecule has 0 spiro atoms. The molecule has 0 aromatic carbocycles. The normalized spacial score (nSPS) is 13.6. The van der Waals surface area contributed by atoms with Crippen molar-refractivity contribution >= 4 is 15.7 Å². The molecule has 0 aliphatic carbocycles. The monoisotopic (exact) mass is 222 g/mol. The summed E-state index contributed by atoms with van der Waals surface area (Å²) in [6.45, 7) is 1.96. The molecule has 0 heterocycles. The molecule has 0 radical (unpaired) electrons. The van der Waals surface area contributed by atoms with Crippen LogP contribution >= 0.6 is 0 Å². The minimum absolute atomic E-state index is 0.0216. The number of rotatable bonds is 6. The standard InChI is InChI=1S/C8H18N2O3S/c1-7(3-5-9)14(12,13)6-4-8(11)10-2/h7H,3-6,9H2,1-2H3,(H,10,11). The summed E-state index contributed by atoms with van der Waals surface area (Å²) in [5.74, 6) is -0.359. The Morgan fingerprint density at radius 1 is 1.50 bits per heavy atom. The number of hydrogen-bond donors (Lipinski definition) is 2. The van der Waals surface area contributed by atoms with Gasteiger partial charge in [0.15, 0.2) is 9.84 Å². The van der Waals surface area contributed by atoms with Gasteiger partial charge in [0.25, 0.3) is 0 Å². The van der Waals surface area contributed by atoms with Gasteiger partial charge in [0.05, 0.1) is 11.0 Å². The summed E-state index contributed by atoms with van der Waals surface area (Å²) in [7, 11) is -1.68. The molecule has 14 heavy (non-hydrogen) atoms. The predicted molar refractivity (Wildman–Crippen MR) is 55.6 cm³/mol. The summed E-state index contributed by atoms with van der Waals surface area (Å²) in [5.41, 5.74) is 5.26. The highest BCUT2D eigenvalue weighted by atomic mass is 32.2. The molecule has 0 aromatic rings. The number of amides is 1. The van der Waals surface area contributed by atoms with E-state index in [1.807, 2.05) is 0 Å². The third kappa shape index (κ3) is 4.57. The largest absolute Gasteiger partial charge is 0.359 e. The van der Waals surface area contributed by atoms with Gasteiger partial charge in [-0.2, -0.15) is 0 Å². The van der Waals surface area contributed by atoms with Crippen molar-refractivity contribution in [2.24, 2.45) is 5.73 Å². The van der Waals surface area contributed by atoms with Crippen LogP contribution in [0.5, 0.6) is 0 Å². The Bertz CT molecular complexity index is 274. The van der Waals surface area contributed by atoms with Gasteiger partial charge in [0, 0.05) is 13.5 Å². The van der Waals surface area contributed by atoms with Crippen molar-refractivity contribution in [2.75, 3.05) is 19.3 Å². The third-order valence-electron chi connectivity index (χ3n) is 2.08. The molecule has 0 bridgehead atoms. The Kier molecular flexibility index (Phi) is 5.71. The van der Waals surface area contributed by atoms with Crippen molar-refractivity contribution < 1.29 is 13.2 Å². The Hall–Kier alpha value is -0.620. The molecule has 0 rings (SSSR count). The van der Waals surface area contributed by atoms with Crippen molar-refractivity contribution in [3.63, 3.8) is 0 Å². The molecule has 6 heteroatoms. The number of nitrogens with two attached hydrogens (primary N) is 1. The minimum Gasteiger partial charge on any atom is -0.359 e. The topological polar surface area (TPSA) is 89.3 Å². The fraction of sp³-hybridized carbons (Fsp3) is 0.875. The molecule has 1 unspecified atom stereocenters. The van der Waals surface area contributed by atoms with Gasteiger partial charge in [0.1, 0.15) is 0 Å². The molecule has 5 nitrogen and oxygen atoms in total.